The minimum absolute atomic E-state index is 0.107. The number of unbranched alkanes of at least 4 members (excludes halogenated alkanes) is 1. The lowest BCUT2D eigenvalue weighted by molar-refractivity contribution is -0.131. The van der Waals surface area contributed by atoms with E-state index in [4.69, 9.17) is 11.2 Å². The number of rotatable bonds is 3. The van der Waals surface area contributed by atoms with Crippen LogP contribution >= 0.6 is 0 Å². The van der Waals surface area contributed by atoms with Gasteiger partial charge in [-0.25, -0.2) is 0 Å². The molecule has 0 aromatic rings. The van der Waals surface area contributed by atoms with Gasteiger partial charge in [0.05, 0.1) is 13.2 Å². The van der Waals surface area contributed by atoms with Crippen molar-refractivity contribution in [2.45, 2.75) is 19.8 Å². The summed E-state index contributed by atoms with van der Waals surface area (Å²) >= 11 is 0. The average Bonchev–Trinajstić information content (AvgIpc) is 2.29. The number of morpholine rings is 1. The van der Waals surface area contributed by atoms with Gasteiger partial charge in [0.15, 0.2) is 0 Å². The van der Waals surface area contributed by atoms with E-state index in [1.807, 2.05) is 17.9 Å². The van der Waals surface area contributed by atoms with Gasteiger partial charge in [0.2, 0.25) is 5.91 Å². The molecule has 1 fully saturated rings. The summed E-state index contributed by atoms with van der Waals surface area (Å²) in [6.07, 6.45) is 8.52. The highest BCUT2D eigenvalue weighted by atomic mass is 16.5. The normalized spacial score (nSPS) is 17.3. The minimum atomic E-state index is 0.107. The third kappa shape index (κ3) is 3.77. The van der Waals surface area contributed by atoms with Crippen LogP contribution in [0.25, 0.3) is 0 Å². The Morgan fingerprint density at radius 3 is 2.80 bits per heavy atom. The number of hydrogen-bond donors (Lipinski definition) is 0. The summed E-state index contributed by atoms with van der Waals surface area (Å²) in [5.74, 6) is 2.66. The van der Waals surface area contributed by atoms with Gasteiger partial charge in [0, 0.05) is 25.1 Å². The first-order valence-corrected chi connectivity index (χ1v) is 5.23. The van der Waals surface area contributed by atoms with Crippen LogP contribution in [0.1, 0.15) is 19.8 Å². The zero-order chi connectivity index (χ0) is 11.1. The standard InChI is InChI=1S/C12H17NO2/c1-3-4-5-6-11(2)12(14)13-7-9-15-10-8-13/h1,6H,4-5,7-10H2,2H3/b11-6+. The fourth-order valence-corrected chi connectivity index (χ4v) is 1.48. The number of ether oxygens (including phenoxy) is 1. The average molecular weight is 207 g/mol. The SMILES string of the molecule is C#CCC/C=C(\C)C(=O)N1CCOCC1. The minimum Gasteiger partial charge on any atom is -0.378 e. The van der Waals surface area contributed by atoms with Crippen molar-refractivity contribution < 1.29 is 9.53 Å². The van der Waals surface area contributed by atoms with Crippen molar-refractivity contribution in [1.29, 1.82) is 0 Å². The van der Waals surface area contributed by atoms with Gasteiger partial charge in [-0.05, 0) is 13.3 Å². The van der Waals surface area contributed by atoms with Gasteiger partial charge < -0.3 is 9.64 Å². The van der Waals surface area contributed by atoms with Crippen LogP contribution in [0.2, 0.25) is 0 Å². The van der Waals surface area contributed by atoms with Gasteiger partial charge >= 0.3 is 0 Å². The van der Waals surface area contributed by atoms with E-state index >= 15 is 0 Å². The van der Waals surface area contributed by atoms with E-state index in [0.717, 1.165) is 12.0 Å². The molecule has 1 saturated heterocycles. The van der Waals surface area contributed by atoms with Gasteiger partial charge in [-0.3, -0.25) is 4.79 Å². The molecule has 82 valence electrons. The van der Waals surface area contributed by atoms with Gasteiger partial charge in [0.25, 0.3) is 0 Å². The first-order valence-electron chi connectivity index (χ1n) is 5.23. The molecule has 0 saturated carbocycles. The zero-order valence-corrected chi connectivity index (χ0v) is 9.16. The third-order valence-corrected chi connectivity index (χ3v) is 2.37. The second kappa shape index (κ2) is 6.26. The Bertz CT molecular complexity index is 282. The molecule has 1 amide bonds. The summed E-state index contributed by atoms with van der Waals surface area (Å²) in [5, 5.41) is 0. The molecule has 15 heavy (non-hydrogen) atoms. The molecule has 1 heterocycles. The van der Waals surface area contributed by atoms with Crippen molar-refractivity contribution in [3.63, 3.8) is 0 Å². The van der Waals surface area contributed by atoms with Crippen LogP contribution in [-0.4, -0.2) is 37.1 Å². The molecule has 0 atom stereocenters. The van der Waals surface area contributed by atoms with Crippen molar-refractivity contribution >= 4 is 5.91 Å². The lowest BCUT2D eigenvalue weighted by atomic mass is 10.2. The summed E-state index contributed by atoms with van der Waals surface area (Å²) in [6.45, 7) is 4.51. The second-order valence-corrected chi connectivity index (χ2v) is 3.53. The highest BCUT2D eigenvalue weighted by Gasteiger charge is 2.17. The van der Waals surface area contributed by atoms with Crippen LogP contribution in [0, 0.1) is 12.3 Å². The molecule has 1 aliphatic rings. The summed E-state index contributed by atoms with van der Waals surface area (Å²) in [4.78, 5) is 13.7. The zero-order valence-electron chi connectivity index (χ0n) is 9.16. The van der Waals surface area contributed by atoms with E-state index in [1.165, 1.54) is 0 Å². The predicted octanol–water partition coefficient (Wildman–Crippen LogP) is 1.20. The number of nitrogens with zero attached hydrogens (tertiary/aromatic N) is 1. The van der Waals surface area contributed by atoms with Crippen molar-refractivity contribution in [3.05, 3.63) is 11.6 Å². The molecule has 1 aliphatic heterocycles. The lowest BCUT2D eigenvalue weighted by Gasteiger charge is -2.27. The third-order valence-electron chi connectivity index (χ3n) is 2.37. The van der Waals surface area contributed by atoms with E-state index in [2.05, 4.69) is 5.92 Å². The maximum atomic E-state index is 11.8. The van der Waals surface area contributed by atoms with Crippen molar-refractivity contribution in [2.24, 2.45) is 0 Å². The topological polar surface area (TPSA) is 29.5 Å². The Balaban J connectivity index is 2.44. The molecule has 0 radical (unpaired) electrons. The maximum Gasteiger partial charge on any atom is 0.249 e. The monoisotopic (exact) mass is 207 g/mol. The van der Waals surface area contributed by atoms with Crippen molar-refractivity contribution in [3.8, 4) is 12.3 Å². The van der Waals surface area contributed by atoms with Crippen LogP contribution in [0.15, 0.2) is 11.6 Å². The number of hydrogen-bond acceptors (Lipinski definition) is 2. The molecule has 1 rings (SSSR count). The highest BCUT2D eigenvalue weighted by molar-refractivity contribution is 5.92. The molecule has 0 aromatic heterocycles. The molecular formula is C12H17NO2. The van der Waals surface area contributed by atoms with Crippen LogP contribution in [0.3, 0.4) is 0 Å². The Kier molecular flexibility index (Phi) is 4.92. The van der Waals surface area contributed by atoms with Gasteiger partial charge in [-0.2, -0.15) is 0 Å². The second-order valence-electron chi connectivity index (χ2n) is 3.53. The Morgan fingerprint density at radius 2 is 2.20 bits per heavy atom. The van der Waals surface area contributed by atoms with Crippen LogP contribution in [0.4, 0.5) is 0 Å². The van der Waals surface area contributed by atoms with E-state index in [0.29, 0.717) is 32.7 Å². The number of allylic oxidation sites excluding steroid dienone is 1. The molecule has 0 unspecified atom stereocenters. The Hall–Kier alpha value is -1.27. The largest absolute Gasteiger partial charge is 0.378 e. The number of carbonyl (C=O) groups is 1. The quantitative estimate of drug-likeness (QED) is 0.395. The molecule has 0 aromatic carbocycles. The van der Waals surface area contributed by atoms with E-state index in [-0.39, 0.29) is 5.91 Å². The van der Waals surface area contributed by atoms with Gasteiger partial charge in [-0.15, -0.1) is 12.3 Å². The molecule has 3 heteroatoms. The van der Waals surface area contributed by atoms with Crippen molar-refractivity contribution in [1.82, 2.24) is 4.90 Å². The lowest BCUT2D eigenvalue weighted by Crippen LogP contribution is -2.41. The molecular weight excluding hydrogens is 190 g/mol. The number of carbonyl (C=O) groups excluding carboxylic acids is 1. The molecule has 0 N–H and O–H groups in total. The predicted molar refractivity (Wildman–Crippen MR) is 59.2 cm³/mol. The van der Waals surface area contributed by atoms with Crippen molar-refractivity contribution in [2.75, 3.05) is 26.3 Å². The molecule has 3 nitrogen and oxygen atoms in total. The smallest absolute Gasteiger partial charge is 0.249 e. The van der Waals surface area contributed by atoms with E-state index in [1.54, 1.807) is 0 Å². The molecule has 0 spiro atoms. The van der Waals surface area contributed by atoms with Crippen LogP contribution in [-0.2, 0) is 9.53 Å². The fourth-order valence-electron chi connectivity index (χ4n) is 1.48. The summed E-state index contributed by atoms with van der Waals surface area (Å²) in [5.41, 5.74) is 0.784. The first-order chi connectivity index (χ1) is 7.25. The number of amides is 1. The summed E-state index contributed by atoms with van der Waals surface area (Å²) in [7, 11) is 0. The highest BCUT2D eigenvalue weighted by Crippen LogP contribution is 2.06. The number of terminal acetylenes is 1. The van der Waals surface area contributed by atoms with Gasteiger partial charge in [-0.1, -0.05) is 6.08 Å². The Morgan fingerprint density at radius 1 is 1.53 bits per heavy atom. The first kappa shape index (κ1) is 11.8. The van der Waals surface area contributed by atoms with E-state index < -0.39 is 0 Å². The molecule has 0 bridgehead atoms. The Labute approximate surface area is 91.1 Å². The van der Waals surface area contributed by atoms with Gasteiger partial charge in [0.1, 0.15) is 0 Å². The van der Waals surface area contributed by atoms with Crippen LogP contribution in [0.5, 0.6) is 0 Å². The molecule has 0 aliphatic carbocycles. The maximum absolute atomic E-state index is 11.8. The summed E-state index contributed by atoms with van der Waals surface area (Å²) < 4.78 is 5.19. The van der Waals surface area contributed by atoms with E-state index in [9.17, 15) is 4.79 Å². The fraction of sp³-hybridized carbons (Fsp3) is 0.583. The van der Waals surface area contributed by atoms with Crippen LogP contribution < -0.4 is 0 Å². The summed E-state index contributed by atoms with van der Waals surface area (Å²) in [6, 6.07) is 0.